The first-order valence-corrected chi connectivity index (χ1v) is 6.92. The van der Waals surface area contributed by atoms with Crippen LogP contribution < -0.4 is 0 Å². The second-order valence-electron chi connectivity index (χ2n) is 5.09. The number of fused-ring (bicyclic) bond motifs is 1. The Morgan fingerprint density at radius 3 is 2.70 bits per heavy atom. The van der Waals surface area contributed by atoms with E-state index in [1.165, 1.54) is 17.5 Å². The maximum absolute atomic E-state index is 5.40. The van der Waals surface area contributed by atoms with E-state index in [0.29, 0.717) is 11.7 Å². The Bertz CT molecular complexity index is 747. The first kappa shape index (κ1) is 11.4. The fourth-order valence-corrected chi connectivity index (χ4v) is 2.86. The zero-order valence-corrected chi connectivity index (χ0v) is 11.0. The monoisotopic (exact) mass is 262 g/mol. The minimum atomic E-state index is 0.580. The molecule has 0 bridgehead atoms. The van der Waals surface area contributed by atoms with Gasteiger partial charge in [0.15, 0.2) is 0 Å². The Balaban J connectivity index is 1.78. The number of rotatable bonds is 2. The van der Waals surface area contributed by atoms with Crippen LogP contribution in [0, 0.1) is 0 Å². The molecular formula is C17H14N2O. The molecule has 0 radical (unpaired) electrons. The molecule has 0 amide bonds. The molecule has 0 unspecified atom stereocenters. The molecular weight excluding hydrogens is 248 g/mol. The van der Waals surface area contributed by atoms with Gasteiger partial charge in [0, 0.05) is 11.1 Å². The summed E-state index contributed by atoms with van der Waals surface area (Å²) in [5.74, 6) is 1.28. The molecule has 0 N–H and O–H groups in total. The van der Waals surface area contributed by atoms with E-state index in [1.807, 2.05) is 30.3 Å². The molecule has 0 atom stereocenters. The average molecular weight is 262 g/mol. The lowest BCUT2D eigenvalue weighted by atomic mass is 10.0. The lowest BCUT2D eigenvalue weighted by molar-refractivity contribution is 0.432. The first-order chi connectivity index (χ1) is 9.92. The highest BCUT2D eigenvalue weighted by atomic mass is 16.5. The number of hydrogen-bond donors (Lipinski definition) is 0. The molecule has 20 heavy (non-hydrogen) atoms. The van der Waals surface area contributed by atoms with E-state index in [-0.39, 0.29) is 0 Å². The van der Waals surface area contributed by atoms with Crippen LogP contribution in [0.2, 0.25) is 0 Å². The van der Waals surface area contributed by atoms with Crippen LogP contribution >= 0.6 is 0 Å². The van der Waals surface area contributed by atoms with Crippen LogP contribution in [0.1, 0.15) is 17.5 Å². The van der Waals surface area contributed by atoms with Gasteiger partial charge in [-0.15, -0.1) is 0 Å². The van der Waals surface area contributed by atoms with Crippen molar-refractivity contribution in [1.29, 1.82) is 0 Å². The second kappa shape index (κ2) is 4.60. The van der Waals surface area contributed by atoms with Gasteiger partial charge in [-0.25, -0.2) is 0 Å². The number of aryl methyl sites for hydroxylation is 1. The highest BCUT2D eigenvalue weighted by molar-refractivity contribution is 5.65. The van der Waals surface area contributed by atoms with E-state index in [0.717, 1.165) is 24.0 Å². The van der Waals surface area contributed by atoms with Gasteiger partial charge in [0.2, 0.25) is 5.82 Å². The van der Waals surface area contributed by atoms with Crippen LogP contribution in [-0.4, -0.2) is 10.1 Å². The van der Waals surface area contributed by atoms with E-state index in [9.17, 15) is 0 Å². The van der Waals surface area contributed by atoms with E-state index in [2.05, 4.69) is 28.3 Å². The molecule has 1 aliphatic rings. The molecule has 4 rings (SSSR count). The smallest absolute Gasteiger partial charge is 0.258 e. The third-order valence-electron chi connectivity index (χ3n) is 3.83. The topological polar surface area (TPSA) is 38.9 Å². The molecule has 0 spiro atoms. The van der Waals surface area contributed by atoms with E-state index >= 15 is 0 Å². The second-order valence-corrected chi connectivity index (χ2v) is 5.09. The Morgan fingerprint density at radius 1 is 0.900 bits per heavy atom. The van der Waals surface area contributed by atoms with Gasteiger partial charge in [-0.1, -0.05) is 41.6 Å². The Kier molecular flexibility index (Phi) is 2.62. The van der Waals surface area contributed by atoms with Crippen molar-refractivity contribution in [2.24, 2.45) is 0 Å². The molecule has 2 aromatic carbocycles. The third kappa shape index (κ3) is 1.83. The highest BCUT2D eigenvalue weighted by Gasteiger charge is 2.19. The maximum atomic E-state index is 5.40. The minimum absolute atomic E-state index is 0.580. The highest BCUT2D eigenvalue weighted by Crippen LogP contribution is 2.31. The minimum Gasteiger partial charge on any atom is -0.334 e. The van der Waals surface area contributed by atoms with Gasteiger partial charge in [0.1, 0.15) is 0 Å². The molecule has 98 valence electrons. The van der Waals surface area contributed by atoms with E-state index < -0.39 is 0 Å². The van der Waals surface area contributed by atoms with Gasteiger partial charge in [-0.2, -0.15) is 4.98 Å². The van der Waals surface area contributed by atoms with Crippen LogP contribution in [0.3, 0.4) is 0 Å². The summed E-state index contributed by atoms with van der Waals surface area (Å²) in [5, 5.41) is 4.15. The van der Waals surface area contributed by atoms with Crippen molar-refractivity contribution < 1.29 is 4.52 Å². The summed E-state index contributed by atoms with van der Waals surface area (Å²) in [7, 11) is 0. The summed E-state index contributed by atoms with van der Waals surface area (Å²) < 4.78 is 5.40. The van der Waals surface area contributed by atoms with Crippen molar-refractivity contribution in [2.45, 2.75) is 19.3 Å². The number of nitrogens with zero attached hydrogens (tertiary/aromatic N) is 2. The molecule has 1 aliphatic carbocycles. The summed E-state index contributed by atoms with van der Waals surface area (Å²) in [4.78, 5) is 4.55. The largest absolute Gasteiger partial charge is 0.334 e. The Morgan fingerprint density at radius 2 is 1.80 bits per heavy atom. The molecule has 1 aromatic heterocycles. The van der Waals surface area contributed by atoms with Gasteiger partial charge in [-0.3, -0.25) is 0 Å². The van der Waals surface area contributed by atoms with Crippen molar-refractivity contribution in [1.82, 2.24) is 10.1 Å². The summed E-state index contributed by atoms with van der Waals surface area (Å²) in [6, 6.07) is 16.2. The average Bonchev–Trinajstić information content (AvgIpc) is 3.17. The van der Waals surface area contributed by atoms with Gasteiger partial charge in [0.25, 0.3) is 5.89 Å². The molecule has 3 nitrogen and oxygen atoms in total. The summed E-state index contributed by atoms with van der Waals surface area (Å²) in [6.07, 6.45) is 3.49. The summed E-state index contributed by atoms with van der Waals surface area (Å²) in [6.45, 7) is 0. The summed E-state index contributed by atoms with van der Waals surface area (Å²) >= 11 is 0. The van der Waals surface area contributed by atoms with Crippen LogP contribution in [0.5, 0.6) is 0 Å². The number of aromatic nitrogens is 2. The fourth-order valence-electron chi connectivity index (χ4n) is 2.86. The number of benzene rings is 2. The maximum Gasteiger partial charge on any atom is 0.258 e. The molecule has 0 saturated carbocycles. The molecule has 0 aliphatic heterocycles. The zero-order chi connectivity index (χ0) is 13.4. The van der Waals surface area contributed by atoms with Crippen LogP contribution in [0.4, 0.5) is 0 Å². The van der Waals surface area contributed by atoms with E-state index in [4.69, 9.17) is 4.52 Å². The van der Waals surface area contributed by atoms with Gasteiger partial charge in [-0.05, 0) is 42.5 Å². The van der Waals surface area contributed by atoms with Gasteiger partial charge in [0.05, 0.1) is 0 Å². The molecule has 0 saturated heterocycles. The lowest BCUT2D eigenvalue weighted by Crippen LogP contribution is -1.90. The first-order valence-electron chi connectivity index (χ1n) is 6.92. The van der Waals surface area contributed by atoms with Crippen molar-refractivity contribution in [3.8, 4) is 22.8 Å². The van der Waals surface area contributed by atoms with Crippen molar-refractivity contribution in [2.75, 3.05) is 0 Å². The predicted octanol–water partition coefficient (Wildman–Crippen LogP) is 3.89. The SMILES string of the molecule is c1ccc(-c2nc(-c3cccc4c3CCC4)no2)cc1. The standard InChI is InChI=1S/C17H14N2O/c1-2-6-13(7-3-1)17-18-16(19-20-17)15-11-5-9-12-8-4-10-14(12)15/h1-3,5-7,9,11H,4,8,10H2. The molecule has 3 aromatic rings. The normalized spacial score (nSPS) is 13.4. The van der Waals surface area contributed by atoms with Gasteiger partial charge >= 0.3 is 0 Å². The van der Waals surface area contributed by atoms with Crippen molar-refractivity contribution in [3.05, 3.63) is 59.7 Å². The predicted molar refractivity (Wildman–Crippen MR) is 77.2 cm³/mol. The Hall–Kier alpha value is -2.42. The van der Waals surface area contributed by atoms with E-state index in [1.54, 1.807) is 0 Å². The van der Waals surface area contributed by atoms with Crippen molar-refractivity contribution >= 4 is 0 Å². The van der Waals surface area contributed by atoms with Gasteiger partial charge < -0.3 is 4.52 Å². The Labute approximate surface area is 117 Å². The molecule has 3 heteroatoms. The van der Waals surface area contributed by atoms with Crippen LogP contribution in [0.25, 0.3) is 22.8 Å². The number of hydrogen-bond acceptors (Lipinski definition) is 3. The zero-order valence-electron chi connectivity index (χ0n) is 11.0. The van der Waals surface area contributed by atoms with Crippen LogP contribution in [0.15, 0.2) is 53.1 Å². The third-order valence-corrected chi connectivity index (χ3v) is 3.83. The lowest BCUT2D eigenvalue weighted by Gasteiger charge is -2.03. The molecule has 0 fully saturated rings. The van der Waals surface area contributed by atoms with Crippen LogP contribution in [-0.2, 0) is 12.8 Å². The summed E-state index contributed by atoms with van der Waals surface area (Å²) in [5.41, 5.74) is 4.88. The molecule has 1 heterocycles. The fraction of sp³-hybridized carbons (Fsp3) is 0.176. The quantitative estimate of drug-likeness (QED) is 0.703. The van der Waals surface area contributed by atoms with Crippen molar-refractivity contribution in [3.63, 3.8) is 0 Å².